The number of rotatable bonds is 10. The van der Waals surface area contributed by atoms with Crippen LogP contribution in [0, 0.1) is 0 Å². The van der Waals surface area contributed by atoms with Gasteiger partial charge in [-0.05, 0) is 43.2 Å². The van der Waals surface area contributed by atoms with Gasteiger partial charge < -0.3 is 4.74 Å². The Morgan fingerprint density at radius 3 is 2.75 bits per heavy atom. The van der Waals surface area contributed by atoms with Gasteiger partial charge in [0.2, 0.25) is 0 Å². The lowest BCUT2D eigenvalue weighted by Crippen LogP contribution is -2.30. The first kappa shape index (κ1) is 21.4. The predicted octanol–water partition coefficient (Wildman–Crippen LogP) is 1.66. The van der Waals surface area contributed by atoms with E-state index in [1.165, 1.54) is 6.21 Å². The number of aromatic amines is 2. The van der Waals surface area contributed by atoms with Crippen LogP contribution in [-0.2, 0) is 4.79 Å². The van der Waals surface area contributed by atoms with Gasteiger partial charge in [-0.25, -0.2) is 15.3 Å². The Morgan fingerprint density at radius 1 is 1.32 bits per heavy atom. The zero-order valence-electron chi connectivity index (χ0n) is 15.7. The number of carbonyl (C=O) groups excluding carboxylic acids is 1. The summed E-state index contributed by atoms with van der Waals surface area (Å²) < 4.78 is 5.64. The number of amides is 1. The second-order valence-electron chi connectivity index (χ2n) is 5.93. The highest BCUT2D eigenvalue weighted by molar-refractivity contribution is 8.00. The molecular formula is C18H23N5O4S. The zero-order chi connectivity index (χ0) is 20.4. The zero-order valence-corrected chi connectivity index (χ0v) is 16.5. The number of aromatic nitrogens is 3. The van der Waals surface area contributed by atoms with E-state index in [2.05, 4.69) is 27.6 Å². The van der Waals surface area contributed by atoms with Gasteiger partial charge in [-0.1, -0.05) is 31.5 Å². The monoisotopic (exact) mass is 405 g/mol. The molecular weight excluding hydrogens is 382 g/mol. The molecule has 10 heteroatoms. The SMILES string of the molecule is CCCCCOc1ccc(/C=N/NC(=O)C(C)Sc2n[nH]c(=O)[nH]c2=O)cc1. The van der Waals surface area contributed by atoms with Gasteiger partial charge in [-0.3, -0.25) is 14.6 Å². The molecule has 0 fully saturated rings. The van der Waals surface area contributed by atoms with Crippen LogP contribution in [-0.4, -0.2) is 39.2 Å². The number of nitrogens with one attached hydrogen (secondary N) is 3. The van der Waals surface area contributed by atoms with E-state index in [1.807, 2.05) is 29.2 Å². The highest BCUT2D eigenvalue weighted by Gasteiger charge is 2.16. The molecule has 0 aliphatic rings. The van der Waals surface area contributed by atoms with E-state index in [4.69, 9.17) is 4.74 Å². The number of benzene rings is 1. The number of hydrazone groups is 1. The molecule has 1 aromatic carbocycles. The van der Waals surface area contributed by atoms with Gasteiger partial charge in [0.1, 0.15) is 5.75 Å². The van der Waals surface area contributed by atoms with Crippen LogP contribution >= 0.6 is 11.8 Å². The minimum absolute atomic E-state index is 0.000699. The van der Waals surface area contributed by atoms with Gasteiger partial charge in [0.05, 0.1) is 18.1 Å². The summed E-state index contributed by atoms with van der Waals surface area (Å²) in [7, 11) is 0. The van der Waals surface area contributed by atoms with Crippen LogP contribution in [0.15, 0.2) is 44.0 Å². The molecule has 0 aliphatic carbocycles. The predicted molar refractivity (Wildman–Crippen MR) is 108 cm³/mol. The topological polar surface area (TPSA) is 129 Å². The Bertz CT molecular complexity index is 907. The number of hydrogen-bond acceptors (Lipinski definition) is 7. The average Bonchev–Trinajstić information content (AvgIpc) is 2.68. The summed E-state index contributed by atoms with van der Waals surface area (Å²) in [5.74, 6) is 0.394. The third-order valence-electron chi connectivity index (χ3n) is 3.62. The molecule has 1 amide bonds. The maximum atomic E-state index is 12.1. The number of nitrogens with zero attached hydrogens (tertiary/aromatic N) is 2. The van der Waals surface area contributed by atoms with Gasteiger partial charge in [0, 0.05) is 0 Å². The molecule has 28 heavy (non-hydrogen) atoms. The lowest BCUT2D eigenvalue weighted by molar-refractivity contribution is -0.120. The van der Waals surface area contributed by atoms with Gasteiger partial charge in [0.25, 0.3) is 11.5 Å². The van der Waals surface area contributed by atoms with Gasteiger partial charge >= 0.3 is 5.69 Å². The number of hydrogen-bond donors (Lipinski definition) is 3. The standard InChI is InChI=1S/C18H23N5O4S/c1-3-4-5-10-27-14-8-6-13(7-9-14)11-19-21-15(24)12(2)28-17-16(25)20-18(26)23-22-17/h6-9,11-12H,3-5,10H2,1-2H3,(H,21,24)(H2,20,23,25,26)/b19-11+. The molecule has 0 bridgehead atoms. The number of carbonyl (C=O) groups is 1. The number of unbranched alkanes of at least 4 members (excludes halogenated alkanes) is 2. The van der Waals surface area contributed by atoms with E-state index in [0.29, 0.717) is 6.61 Å². The minimum Gasteiger partial charge on any atom is -0.494 e. The molecule has 0 spiro atoms. The lowest BCUT2D eigenvalue weighted by Gasteiger charge is -2.07. The summed E-state index contributed by atoms with van der Waals surface area (Å²) in [4.78, 5) is 36.7. The number of H-pyrrole nitrogens is 2. The third kappa shape index (κ3) is 7.03. The van der Waals surface area contributed by atoms with E-state index in [-0.39, 0.29) is 5.03 Å². The van der Waals surface area contributed by atoms with E-state index in [1.54, 1.807) is 6.92 Å². The van der Waals surface area contributed by atoms with Crippen LogP contribution in [0.1, 0.15) is 38.7 Å². The summed E-state index contributed by atoms with van der Waals surface area (Å²) >= 11 is 0.919. The van der Waals surface area contributed by atoms with E-state index >= 15 is 0 Å². The molecule has 0 radical (unpaired) electrons. The largest absolute Gasteiger partial charge is 0.494 e. The van der Waals surface area contributed by atoms with Gasteiger partial charge in [-0.15, -0.1) is 0 Å². The van der Waals surface area contributed by atoms with Crippen molar-refractivity contribution < 1.29 is 9.53 Å². The van der Waals surface area contributed by atoms with Crippen molar-refractivity contribution in [1.82, 2.24) is 20.6 Å². The Kier molecular flexibility index (Phi) is 8.47. The summed E-state index contributed by atoms with van der Waals surface area (Å²) in [6, 6.07) is 7.38. The molecule has 1 aromatic heterocycles. The normalized spacial score (nSPS) is 12.1. The van der Waals surface area contributed by atoms with Crippen LogP contribution in [0.4, 0.5) is 0 Å². The van der Waals surface area contributed by atoms with Crippen molar-refractivity contribution in [2.45, 2.75) is 43.4 Å². The first-order valence-electron chi connectivity index (χ1n) is 8.91. The van der Waals surface area contributed by atoms with Crippen molar-refractivity contribution in [2.75, 3.05) is 6.61 Å². The molecule has 2 rings (SSSR count). The van der Waals surface area contributed by atoms with Crippen molar-refractivity contribution in [3.05, 3.63) is 50.7 Å². The fourth-order valence-electron chi connectivity index (χ4n) is 2.09. The van der Waals surface area contributed by atoms with Crippen molar-refractivity contribution in [2.24, 2.45) is 5.10 Å². The summed E-state index contributed by atoms with van der Waals surface area (Å²) in [6.45, 7) is 4.44. The van der Waals surface area contributed by atoms with Crippen molar-refractivity contribution in [3.63, 3.8) is 0 Å². The molecule has 1 atom stereocenters. The number of ether oxygens (including phenoxy) is 1. The van der Waals surface area contributed by atoms with E-state index in [0.717, 1.165) is 42.3 Å². The molecule has 3 N–H and O–H groups in total. The van der Waals surface area contributed by atoms with E-state index < -0.39 is 22.4 Å². The molecule has 1 heterocycles. The Balaban J connectivity index is 1.81. The van der Waals surface area contributed by atoms with Gasteiger partial charge in [0.15, 0.2) is 5.03 Å². The highest BCUT2D eigenvalue weighted by atomic mass is 32.2. The minimum atomic E-state index is -0.701. The molecule has 150 valence electrons. The smallest absolute Gasteiger partial charge is 0.342 e. The van der Waals surface area contributed by atoms with Crippen molar-refractivity contribution in [1.29, 1.82) is 0 Å². The summed E-state index contributed by atoms with van der Waals surface area (Å²) in [5.41, 5.74) is 1.87. The third-order valence-corrected chi connectivity index (χ3v) is 4.69. The first-order chi connectivity index (χ1) is 13.5. The summed E-state index contributed by atoms with van der Waals surface area (Å²) in [6.07, 6.45) is 4.84. The van der Waals surface area contributed by atoms with Crippen molar-refractivity contribution >= 4 is 23.9 Å². The molecule has 0 aliphatic heterocycles. The lowest BCUT2D eigenvalue weighted by atomic mass is 10.2. The second kappa shape index (κ2) is 11.1. The van der Waals surface area contributed by atoms with Crippen molar-refractivity contribution in [3.8, 4) is 5.75 Å². The quantitative estimate of drug-likeness (QED) is 0.239. The van der Waals surface area contributed by atoms with Crippen LogP contribution in [0.2, 0.25) is 0 Å². The van der Waals surface area contributed by atoms with E-state index in [9.17, 15) is 14.4 Å². The molecule has 1 unspecified atom stereocenters. The molecule has 0 saturated heterocycles. The second-order valence-corrected chi connectivity index (χ2v) is 7.26. The maximum Gasteiger partial charge on any atom is 0.342 e. The fourth-order valence-corrected chi connectivity index (χ4v) is 2.84. The van der Waals surface area contributed by atoms with Crippen LogP contribution in [0.3, 0.4) is 0 Å². The Hall–Kier alpha value is -2.88. The summed E-state index contributed by atoms with van der Waals surface area (Å²) in [5, 5.41) is 9.02. The maximum absolute atomic E-state index is 12.1. The van der Waals surface area contributed by atoms with Crippen LogP contribution < -0.4 is 21.4 Å². The van der Waals surface area contributed by atoms with Gasteiger partial charge in [-0.2, -0.15) is 10.2 Å². The Morgan fingerprint density at radius 2 is 2.07 bits per heavy atom. The first-order valence-corrected chi connectivity index (χ1v) is 9.79. The average molecular weight is 405 g/mol. The highest BCUT2D eigenvalue weighted by Crippen LogP contribution is 2.16. The van der Waals surface area contributed by atoms with Crippen LogP contribution in [0.5, 0.6) is 5.75 Å². The van der Waals surface area contributed by atoms with Crippen LogP contribution in [0.25, 0.3) is 0 Å². The fraction of sp³-hybridized carbons (Fsp3) is 0.389. The molecule has 2 aromatic rings. The number of thioether (sulfide) groups is 1. The molecule has 0 saturated carbocycles. The Labute approximate surface area is 166 Å². The molecule has 9 nitrogen and oxygen atoms in total.